The van der Waals surface area contributed by atoms with Crippen LogP contribution in [0.25, 0.3) is 0 Å². The highest BCUT2D eigenvalue weighted by atomic mass is 16.6. The molecule has 5 heteroatoms. The molecular formula is C14H13NO4. The first-order chi connectivity index (χ1) is 9.08. The van der Waals surface area contributed by atoms with Crippen molar-refractivity contribution in [1.82, 2.24) is 0 Å². The average molecular weight is 259 g/mol. The van der Waals surface area contributed by atoms with Gasteiger partial charge in [0.15, 0.2) is 0 Å². The molecular weight excluding hydrogens is 246 g/mol. The van der Waals surface area contributed by atoms with E-state index in [4.69, 9.17) is 4.74 Å². The second-order valence-corrected chi connectivity index (χ2v) is 4.12. The van der Waals surface area contributed by atoms with Gasteiger partial charge in [0.2, 0.25) is 0 Å². The summed E-state index contributed by atoms with van der Waals surface area (Å²) in [4.78, 5) is 10.4. The fourth-order valence-corrected chi connectivity index (χ4v) is 1.76. The molecule has 0 aliphatic heterocycles. The zero-order valence-corrected chi connectivity index (χ0v) is 10.4. The van der Waals surface area contributed by atoms with Gasteiger partial charge in [0.1, 0.15) is 18.1 Å². The molecule has 19 heavy (non-hydrogen) atoms. The zero-order chi connectivity index (χ0) is 13.8. The van der Waals surface area contributed by atoms with Crippen molar-refractivity contribution >= 4 is 5.69 Å². The van der Waals surface area contributed by atoms with E-state index in [-0.39, 0.29) is 18.0 Å². The number of phenolic OH excluding ortho intramolecular Hbond substituents is 1. The van der Waals surface area contributed by atoms with Crippen molar-refractivity contribution in [3.8, 4) is 11.5 Å². The van der Waals surface area contributed by atoms with Crippen LogP contribution in [-0.4, -0.2) is 10.0 Å². The van der Waals surface area contributed by atoms with Crippen molar-refractivity contribution in [2.24, 2.45) is 0 Å². The fourth-order valence-electron chi connectivity index (χ4n) is 1.76. The first kappa shape index (κ1) is 12.9. The summed E-state index contributed by atoms with van der Waals surface area (Å²) in [6.45, 7) is 1.91. The highest BCUT2D eigenvalue weighted by Gasteiger charge is 2.13. The summed E-state index contributed by atoms with van der Waals surface area (Å²) in [6.07, 6.45) is 0. The first-order valence-electron chi connectivity index (χ1n) is 5.72. The van der Waals surface area contributed by atoms with Crippen LogP contribution in [0.4, 0.5) is 5.69 Å². The molecule has 0 saturated heterocycles. The van der Waals surface area contributed by atoms with Crippen molar-refractivity contribution in [1.29, 1.82) is 0 Å². The minimum atomic E-state index is -0.428. The Kier molecular flexibility index (Phi) is 3.66. The molecule has 0 bridgehead atoms. The summed E-state index contributed by atoms with van der Waals surface area (Å²) in [7, 11) is 0. The van der Waals surface area contributed by atoms with Gasteiger partial charge in [-0.25, -0.2) is 0 Å². The van der Waals surface area contributed by atoms with Gasteiger partial charge in [-0.2, -0.15) is 0 Å². The first-order valence-corrected chi connectivity index (χ1v) is 5.72. The third-order valence-corrected chi connectivity index (χ3v) is 2.73. The predicted molar refractivity (Wildman–Crippen MR) is 70.3 cm³/mol. The molecule has 0 heterocycles. The summed E-state index contributed by atoms with van der Waals surface area (Å²) in [5.74, 6) is 0.756. The number of para-hydroxylation sites is 1. The summed E-state index contributed by atoms with van der Waals surface area (Å²) in [5, 5.41) is 20.2. The Morgan fingerprint density at radius 2 is 2.00 bits per heavy atom. The predicted octanol–water partition coefficient (Wildman–Crippen LogP) is 3.19. The molecule has 0 atom stereocenters. The van der Waals surface area contributed by atoms with E-state index in [1.54, 1.807) is 37.3 Å². The van der Waals surface area contributed by atoms with Crippen LogP contribution in [-0.2, 0) is 6.61 Å². The molecule has 5 nitrogen and oxygen atoms in total. The summed E-state index contributed by atoms with van der Waals surface area (Å²) >= 11 is 0. The maximum absolute atomic E-state index is 10.9. The van der Waals surface area contributed by atoms with Gasteiger partial charge in [-0.3, -0.25) is 10.1 Å². The SMILES string of the molecule is Cc1cc(O)ccc1OCc1ccccc1[N+](=O)[O-]. The molecule has 0 fully saturated rings. The van der Waals surface area contributed by atoms with Crippen LogP contribution < -0.4 is 4.74 Å². The van der Waals surface area contributed by atoms with Gasteiger partial charge in [0, 0.05) is 6.07 Å². The summed E-state index contributed by atoms with van der Waals surface area (Å²) < 4.78 is 5.55. The molecule has 0 aliphatic rings. The van der Waals surface area contributed by atoms with Crippen LogP contribution in [0.3, 0.4) is 0 Å². The molecule has 0 unspecified atom stereocenters. The molecule has 1 N–H and O–H groups in total. The number of hydrogen-bond donors (Lipinski definition) is 1. The van der Waals surface area contributed by atoms with Crippen molar-refractivity contribution in [2.75, 3.05) is 0 Å². The topological polar surface area (TPSA) is 72.6 Å². The zero-order valence-electron chi connectivity index (χ0n) is 10.4. The maximum Gasteiger partial charge on any atom is 0.276 e. The van der Waals surface area contributed by atoms with Crippen molar-refractivity contribution in [2.45, 2.75) is 13.5 Å². The highest BCUT2D eigenvalue weighted by Crippen LogP contribution is 2.25. The van der Waals surface area contributed by atoms with Gasteiger partial charge in [-0.15, -0.1) is 0 Å². The highest BCUT2D eigenvalue weighted by molar-refractivity contribution is 5.41. The molecule has 0 radical (unpaired) electrons. The lowest BCUT2D eigenvalue weighted by atomic mass is 10.2. The Balaban J connectivity index is 2.17. The third kappa shape index (κ3) is 3.01. The Hall–Kier alpha value is -2.56. The van der Waals surface area contributed by atoms with Crippen LogP contribution in [0.1, 0.15) is 11.1 Å². The van der Waals surface area contributed by atoms with Crippen molar-refractivity contribution in [3.05, 3.63) is 63.7 Å². The Morgan fingerprint density at radius 1 is 1.26 bits per heavy atom. The standard InChI is InChI=1S/C14H13NO4/c1-10-8-12(16)6-7-14(10)19-9-11-4-2-3-5-13(11)15(17)18/h2-8,16H,9H2,1H3. The molecule has 2 rings (SSSR count). The lowest BCUT2D eigenvalue weighted by Crippen LogP contribution is -2.01. The van der Waals surface area contributed by atoms with Gasteiger partial charge >= 0.3 is 0 Å². The third-order valence-electron chi connectivity index (χ3n) is 2.73. The van der Waals surface area contributed by atoms with E-state index >= 15 is 0 Å². The smallest absolute Gasteiger partial charge is 0.276 e. The minimum Gasteiger partial charge on any atom is -0.508 e. The Morgan fingerprint density at radius 3 is 2.68 bits per heavy atom. The maximum atomic E-state index is 10.9. The monoisotopic (exact) mass is 259 g/mol. The molecule has 0 spiro atoms. The van der Waals surface area contributed by atoms with E-state index in [0.717, 1.165) is 5.56 Å². The van der Waals surface area contributed by atoms with Gasteiger partial charge in [-0.05, 0) is 36.8 Å². The average Bonchev–Trinajstić information content (AvgIpc) is 2.38. The number of nitro benzene ring substituents is 1. The number of aryl methyl sites for hydroxylation is 1. The largest absolute Gasteiger partial charge is 0.508 e. The quantitative estimate of drug-likeness (QED) is 0.676. The van der Waals surface area contributed by atoms with Crippen LogP contribution in [0.15, 0.2) is 42.5 Å². The summed E-state index contributed by atoms with van der Waals surface area (Å²) in [6, 6.07) is 11.2. The minimum absolute atomic E-state index is 0.0407. The molecule has 0 aliphatic carbocycles. The lowest BCUT2D eigenvalue weighted by molar-refractivity contribution is -0.385. The number of aromatic hydroxyl groups is 1. The van der Waals surface area contributed by atoms with Crippen LogP contribution in [0.2, 0.25) is 0 Å². The summed E-state index contributed by atoms with van der Waals surface area (Å²) in [5.41, 5.74) is 1.33. The van der Waals surface area contributed by atoms with E-state index < -0.39 is 4.92 Å². The number of rotatable bonds is 4. The van der Waals surface area contributed by atoms with Gasteiger partial charge in [-0.1, -0.05) is 12.1 Å². The van der Waals surface area contributed by atoms with Gasteiger partial charge < -0.3 is 9.84 Å². The number of ether oxygens (including phenoxy) is 1. The van der Waals surface area contributed by atoms with Crippen molar-refractivity contribution in [3.63, 3.8) is 0 Å². The molecule has 0 saturated carbocycles. The van der Waals surface area contributed by atoms with E-state index in [2.05, 4.69) is 0 Å². The number of nitrogens with zero attached hydrogens (tertiary/aromatic N) is 1. The Bertz CT molecular complexity index is 610. The van der Waals surface area contributed by atoms with Crippen LogP contribution in [0.5, 0.6) is 11.5 Å². The normalized spacial score (nSPS) is 10.2. The van der Waals surface area contributed by atoms with E-state index in [1.165, 1.54) is 12.1 Å². The number of phenols is 1. The molecule has 2 aromatic carbocycles. The number of hydrogen-bond acceptors (Lipinski definition) is 4. The molecule has 0 amide bonds. The number of benzene rings is 2. The van der Waals surface area contributed by atoms with E-state index in [0.29, 0.717) is 11.3 Å². The van der Waals surface area contributed by atoms with E-state index in [1.807, 2.05) is 0 Å². The van der Waals surface area contributed by atoms with Crippen molar-refractivity contribution < 1.29 is 14.8 Å². The van der Waals surface area contributed by atoms with Crippen LogP contribution >= 0.6 is 0 Å². The van der Waals surface area contributed by atoms with Gasteiger partial charge in [0.05, 0.1) is 10.5 Å². The van der Waals surface area contributed by atoms with E-state index in [9.17, 15) is 15.2 Å². The fraction of sp³-hybridized carbons (Fsp3) is 0.143. The molecule has 2 aromatic rings. The Labute approximate surface area is 110 Å². The van der Waals surface area contributed by atoms with Crippen LogP contribution in [0, 0.1) is 17.0 Å². The second-order valence-electron chi connectivity index (χ2n) is 4.12. The second kappa shape index (κ2) is 5.39. The molecule has 98 valence electrons. The lowest BCUT2D eigenvalue weighted by Gasteiger charge is -2.09. The number of nitro groups is 1. The molecule has 0 aromatic heterocycles. The van der Waals surface area contributed by atoms with Gasteiger partial charge in [0.25, 0.3) is 5.69 Å².